The van der Waals surface area contributed by atoms with Crippen LogP contribution < -0.4 is 10.9 Å². The summed E-state index contributed by atoms with van der Waals surface area (Å²) in [6.07, 6.45) is -8.19. The number of thiazole rings is 1. The Balaban J connectivity index is 1.82. The minimum atomic E-state index is -4.91. The van der Waals surface area contributed by atoms with Gasteiger partial charge in [-0.1, -0.05) is 11.3 Å². The fourth-order valence-electron chi connectivity index (χ4n) is 3.18. The molecular weight excluding hydrogens is 452 g/mol. The molecule has 31 heavy (non-hydrogen) atoms. The Bertz CT molecular complexity index is 1230. The number of nitrogens with one attached hydrogen (secondary N) is 1. The summed E-state index contributed by atoms with van der Waals surface area (Å²) in [5.74, 6) is -1.22. The van der Waals surface area contributed by atoms with Gasteiger partial charge in [0.15, 0.2) is 10.7 Å². The van der Waals surface area contributed by atoms with Gasteiger partial charge < -0.3 is 5.32 Å². The van der Waals surface area contributed by atoms with E-state index in [9.17, 15) is 35.9 Å². The molecule has 0 spiro atoms. The Morgan fingerprint density at radius 2 is 1.87 bits per heavy atom. The number of carbonyl (C=O) groups is 1. The van der Waals surface area contributed by atoms with Crippen LogP contribution in [0.2, 0.25) is 0 Å². The van der Waals surface area contributed by atoms with Crippen molar-refractivity contribution >= 4 is 22.2 Å². The Labute approximate surface area is 173 Å². The molecule has 0 atom stereocenters. The quantitative estimate of drug-likeness (QED) is 0.600. The lowest BCUT2D eigenvalue weighted by molar-refractivity contribution is -0.141. The predicted octanol–water partition coefficient (Wildman–Crippen LogP) is 3.28. The van der Waals surface area contributed by atoms with Crippen LogP contribution in [-0.2, 0) is 18.9 Å². The molecule has 1 fully saturated rings. The summed E-state index contributed by atoms with van der Waals surface area (Å²) in [5.41, 5.74) is -2.69. The third-order valence-corrected chi connectivity index (χ3v) is 5.77. The molecule has 14 heteroatoms. The van der Waals surface area contributed by atoms with Crippen molar-refractivity contribution in [2.45, 2.75) is 37.7 Å². The number of alkyl halides is 6. The molecule has 0 bridgehead atoms. The lowest BCUT2D eigenvalue weighted by Gasteiger charge is -2.08. The van der Waals surface area contributed by atoms with E-state index in [0.29, 0.717) is 22.9 Å². The van der Waals surface area contributed by atoms with Crippen molar-refractivity contribution in [1.82, 2.24) is 24.5 Å². The largest absolute Gasteiger partial charge is 0.435 e. The molecule has 0 aliphatic heterocycles. The second-order valence-corrected chi connectivity index (χ2v) is 7.92. The van der Waals surface area contributed by atoms with Crippen molar-refractivity contribution in [2.24, 2.45) is 0 Å². The van der Waals surface area contributed by atoms with Gasteiger partial charge in [-0.25, -0.2) is 9.38 Å². The Morgan fingerprint density at radius 3 is 2.42 bits per heavy atom. The first-order valence-corrected chi connectivity index (χ1v) is 9.71. The highest BCUT2D eigenvalue weighted by atomic mass is 32.1. The van der Waals surface area contributed by atoms with Crippen LogP contribution >= 0.6 is 11.3 Å². The number of rotatable bonds is 4. The molecule has 0 saturated heterocycles. The first-order valence-electron chi connectivity index (χ1n) is 8.90. The molecule has 166 valence electrons. The van der Waals surface area contributed by atoms with E-state index in [1.54, 1.807) is 0 Å². The third kappa shape index (κ3) is 3.91. The lowest BCUT2D eigenvalue weighted by atomic mass is 10.2. The van der Waals surface area contributed by atoms with Crippen LogP contribution in [0.1, 0.15) is 51.2 Å². The van der Waals surface area contributed by atoms with Crippen LogP contribution in [-0.4, -0.2) is 32.1 Å². The van der Waals surface area contributed by atoms with Crippen LogP contribution in [0.15, 0.2) is 16.9 Å². The van der Waals surface area contributed by atoms with Gasteiger partial charge in [0, 0.05) is 24.7 Å². The highest BCUT2D eigenvalue weighted by Crippen LogP contribution is 2.42. The average molecular weight is 465 g/mol. The van der Waals surface area contributed by atoms with Gasteiger partial charge in [0.05, 0.1) is 12.2 Å². The van der Waals surface area contributed by atoms with E-state index in [1.807, 2.05) is 0 Å². The fraction of sp³-hybridized carbons (Fsp3) is 0.412. The van der Waals surface area contributed by atoms with E-state index in [-0.39, 0.29) is 29.5 Å². The number of carbonyl (C=O) groups excluding carboxylic acids is 1. The number of hydrogen-bond acceptors (Lipinski definition) is 5. The number of amides is 1. The maximum atomic E-state index is 13.4. The van der Waals surface area contributed by atoms with Crippen molar-refractivity contribution in [3.8, 4) is 0 Å². The highest BCUT2D eigenvalue weighted by molar-refractivity contribution is 7.17. The summed E-state index contributed by atoms with van der Waals surface area (Å²) < 4.78 is 81.0. The Kier molecular flexibility index (Phi) is 4.87. The monoisotopic (exact) mass is 465 g/mol. The van der Waals surface area contributed by atoms with Gasteiger partial charge in [-0.05, 0) is 18.9 Å². The molecule has 0 unspecified atom stereocenters. The maximum Gasteiger partial charge on any atom is 0.435 e. The summed E-state index contributed by atoms with van der Waals surface area (Å²) in [7, 11) is 1.12. The normalized spacial score (nSPS) is 14.9. The zero-order chi connectivity index (χ0) is 22.7. The number of aromatic nitrogens is 4. The number of nitrogens with zero attached hydrogens (tertiary/aromatic N) is 4. The van der Waals surface area contributed by atoms with Crippen molar-refractivity contribution in [1.29, 1.82) is 0 Å². The minimum Gasteiger partial charge on any atom is -0.354 e. The van der Waals surface area contributed by atoms with Gasteiger partial charge >= 0.3 is 12.4 Å². The fourth-order valence-corrected chi connectivity index (χ4v) is 4.19. The van der Waals surface area contributed by atoms with Crippen molar-refractivity contribution in [3.63, 3.8) is 0 Å². The second kappa shape index (κ2) is 7.07. The number of halogens is 6. The van der Waals surface area contributed by atoms with Gasteiger partial charge in [-0.15, -0.1) is 0 Å². The van der Waals surface area contributed by atoms with E-state index < -0.39 is 45.0 Å². The molecule has 1 N–H and O–H groups in total. The second-order valence-electron chi connectivity index (χ2n) is 6.94. The van der Waals surface area contributed by atoms with Crippen molar-refractivity contribution < 1.29 is 31.1 Å². The number of hydrogen-bond donors (Lipinski definition) is 1. The topological polar surface area (TPSA) is 81.3 Å². The minimum absolute atomic E-state index is 0.0674. The predicted molar refractivity (Wildman–Crippen MR) is 96.0 cm³/mol. The summed E-state index contributed by atoms with van der Waals surface area (Å²) in [5, 5.41) is 5.61. The standard InChI is InChI=1S/C17H13F6N5O2S/c1-24-14(30)12-13(17(21,22)23)31-15-25-8(4-11(29)28(12)15)6-27-9(7-2-3-7)5-10(26-27)16(18,19)20/h4-5,7H,2-3,6H2,1H3,(H,24,30). The van der Waals surface area contributed by atoms with E-state index in [1.165, 1.54) is 0 Å². The molecule has 0 aromatic carbocycles. The molecule has 0 radical (unpaired) electrons. The molecule has 4 rings (SSSR count). The molecule has 1 saturated carbocycles. The first kappa shape index (κ1) is 21.3. The van der Waals surface area contributed by atoms with Gasteiger partial charge in [0.25, 0.3) is 11.5 Å². The van der Waals surface area contributed by atoms with Crippen molar-refractivity contribution in [3.05, 3.63) is 50.1 Å². The zero-order valence-corrected chi connectivity index (χ0v) is 16.5. The smallest absolute Gasteiger partial charge is 0.354 e. The lowest BCUT2D eigenvalue weighted by Crippen LogP contribution is -2.27. The summed E-state index contributed by atoms with van der Waals surface area (Å²) >= 11 is 0.102. The highest BCUT2D eigenvalue weighted by Gasteiger charge is 2.40. The van der Waals surface area contributed by atoms with Crippen LogP contribution in [0.5, 0.6) is 0 Å². The van der Waals surface area contributed by atoms with Crippen LogP contribution in [0.3, 0.4) is 0 Å². The van der Waals surface area contributed by atoms with Crippen LogP contribution in [0.4, 0.5) is 26.3 Å². The van der Waals surface area contributed by atoms with Gasteiger partial charge in [0.1, 0.15) is 10.6 Å². The molecule has 1 aliphatic rings. The number of fused-ring (bicyclic) bond motifs is 1. The molecule has 1 amide bonds. The van der Waals surface area contributed by atoms with Crippen molar-refractivity contribution in [2.75, 3.05) is 7.05 Å². The molecule has 1 aliphatic carbocycles. The Hall–Kier alpha value is -2.90. The molecule has 3 aromatic rings. The summed E-state index contributed by atoms with van der Waals surface area (Å²) in [6, 6.07) is 1.82. The average Bonchev–Trinajstić information content (AvgIpc) is 3.27. The van der Waals surface area contributed by atoms with Gasteiger partial charge in [0.2, 0.25) is 0 Å². The maximum absolute atomic E-state index is 13.4. The van der Waals surface area contributed by atoms with Crippen LogP contribution in [0, 0.1) is 0 Å². The van der Waals surface area contributed by atoms with Crippen LogP contribution in [0.25, 0.3) is 4.96 Å². The molecule has 3 heterocycles. The molecule has 3 aromatic heterocycles. The van der Waals surface area contributed by atoms with E-state index in [2.05, 4.69) is 15.4 Å². The van der Waals surface area contributed by atoms with E-state index >= 15 is 0 Å². The van der Waals surface area contributed by atoms with Gasteiger partial charge in [-0.2, -0.15) is 31.4 Å². The van der Waals surface area contributed by atoms with E-state index in [0.717, 1.165) is 23.9 Å². The molecule has 7 nitrogen and oxygen atoms in total. The third-order valence-electron chi connectivity index (χ3n) is 4.68. The summed E-state index contributed by atoms with van der Waals surface area (Å²) in [4.78, 5) is 26.8. The van der Waals surface area contributed by atoms with Gasteiger partial charge in [-0.3, -0.25) is 14.3 Å². The zero-order valence-electron chi connectivity index (χ0n) is 15.6. The molecular formula is C17H13F6N5O2S. The SMILES string of the molecule is CNC(=O)c1c(C(F)(F)F)sc2nc(Cn3nc(C(F)(F)F)cc3C3CC3)cc(=O)n12. The Morgan fingerprint density at radius 1 is 1.19 bits per heavy atom. The van der Waals surface area contributed by atoms with E-state index in [4.69, 9.17) is 0 Å². The first-order chi connectivity index (χ1) is 14.4. The summed E-state index contributed by atoms with van der Waals surface area (Å²) in [6.45, 7) is -0.331.